The van der Waals surface area contributed by atoms with Crippen molar-refractivity contribution in [1.82, 2.24) is 0 Å². The van der Waals surface area contributed by atoms with Gasteiger partial charge in [0.1, 0.15) is 0 Å². The molecule has 0 nitrogen and oxygen atoms in total. The molecule has 0 bridgehead atoms. The highest BCUT2D eigenvalue weighted by Gasteiger charge is 2.12. The molecule has 2 heteroatoms. The third-order valence-corrected chi connectivity index (χ3v) is 10.6. The van der Waals surface area contributed by atoms with Gasteiger partial charge in [-0.1, -0.05) is 110 Å². The van der Waals surface area contributed by atoms with Gasteiger partial charge in [0, 0.05) is 9.52 Å². The summed E-state index contributed by atoms with van der Waals surface area (Å²) in [4.78, 5) is 0. The first kappa shape index (κ1) is 17.2. The van der Waals surface area contributed by atoms with E-state index in [0.717, 1.165) is 11.1 Å². The molecule has 0 aromatic heterocycles. The topological polar surface area (TPSA) is 0 Å². The van der Waals surface area contributed by atoms with Crippen LogP contribution in [-0.2, 0) is 6.04 Å². The van der Waals surface area contributed by atoms with Gasteiger partial charge in [-0.05, 0) is 12.0 Å². The predicted octanol–water partition coefficient (Wildman–Crippen LogP) is 3.42. The van der Waals surface area contributed by atoms with Crippen LogP contribution in [0.1, 0.15) is 38.7 Å². The normalized spacial score (nSPS) is 13.6. The number of rotatable bonds is 9. The van der Waals surface area contributed by atoms with Crippen molar-refractivity contribution in [2.75, 3.05) is 0 Å². The van der Waals surface area contributed by atoms with E-state index in [0.29, 0.717) is 0 Å². The minimum Gasteiger partial charge on any atom is -0.0669 e. The first-order valence-electron chi connectivity index (χ1n) is 8.82. The Morgan fingerprint density at radius 3 is 2.09 bits per heavy atom. The molecule has 0 saturated heterocycles. The van der Waals surface area contributed by atoms with E-state index < -0.39 is 0 Å². The Labute approximate surface area is 141 Å². The van der Waals surface area contributed by atoms with E-state index in [9.17, 15) is 0 Å². The van der Waals surface area contributed by atoms with E-state index in [-0.39, 0.29) is 19.0 Å². The van der Waals surface area contributed by atoms with Crippen molar-refractivity contribution >= 4 is 24.2 Å². The van der Waals surface area contributed by atoms with Gasteiger partial charge < -0.3 is 0 Å². The quantitative estimate of drug-likeness (QED) is 0.619. The molecule has 0 amide bonds. The number of benzene rings is 2. The van der Waals surface area contributed by atoms with Gasteiger partial charge in [-0.25, -0.2) is 0 Å². The molecule has 0 fully saturated rings. The fraction of sp³-hybridized carbons (Fsp3) is 0.400. The second-order valence-electron chi connectivity index (χ2n) is 6.90. The largest absolute Gasteiger partial charge is 0.0669 e. The predicted molar refractivity (Wildman–Crippen MR) is 106 cm³/mol. The van der Waals surface area contributed by atoms with Crippen LogP contribution < -0.4 is 5.19 Å². The summed E-state index contributed by atoms with van der Waals surface area (Å²) in [5.74, 6) is 0.856. The molecule has 0 spiro atoms. The third-order valence-electron chi connectivity index (χ3n) is 4.45. The van der Waals surface area contributed by atoms with Crippen molar-refractivity contribution in [1.29, 1.82) is 0 Å². The Morgan fingerprint density at radius 2 is 1.45 bits per heavy atom. The molecular formula is C20H30Si2. The molecule has 2 rings (SSSR count). The molecule has 0 heterocycles. The van der Waals surface area contributed by atoms with Crippen LogP contribution in [-0.4, -0.2) is 19.0 Å². The molecular weight excluding hydrogens is 296 g/mol. The molecule has 0 saturated carbocycles. The van der Waals surface area contributed by atoms with E-state index in [1.54, 1.807) is 10.8 Å². The van der Waals surface area contributed by atoms with Crippen molar-refractivity contribution in [2.24, 2.45) is 5.92 Å². The molecule has 0 aliphatic heterocycles. The average molecular weight is 327 g/mol. The van der Waals surface area contributed by atoms with Crippen LogP contribution in [0.3, 0.4) is 0 Å². The molecule has 1 atom stereocenters. The standard InChI is InChI=1S/C20H30Si2/c1-17(2)10-9-15-20(22-19-13-7-4-8-14-19)21-16-18-11-5-3-6-12-18/h3-8,11-14,17,20H,9-10,15-16,21-22H2,1-2H3. The maximum atomic E-state index is 2.36. The molecule has 2 aromatic rings. The summed E-state index contributed by atoms with van der Waals surface area (Å²) in [6, 6.07) is 23.8. The van der Waals surface area contributed by atoms with Gasteiger partial charge in [0.15, 0.2) is 0 Å². The maximum absolute atomic E-state index is 2.36. The Hall–Kier alpha value is -1.13. The van der Waals surface area contributed by atoms with E-state index in [4.69, 9.17) is 0 Å². The van der Waals surface area contributed by atoms with Gasteiger partial charge in [-0.15, -0.1) is 0 Å². The fourth-order valence-electron chi connectivity index (χ4n) is 3.13. The lowest BCUT2D eigenvalue weighted by atomic mass is 10.1. The summed E-state index contributed by atoms with van der Waals surface area (Å²) >= 11 is 0. The maximum Gasteiger partial charge on any atom is 0.0547 e. The lowest BCUT2D eigenvalue weighted by Crippen LogP contribution is -2.24. The summed E-state index contributed by atoms with van der Waals surface area (Å²) in [5.41, 5.74) is 1.56. The molecule has 0 aliphatic carbocycles. The van der Waals surface area contributed by atoms with Crippen LogP contribution in [0.15, 0.2) is 60.7 Å². The van der Waals surface area contributed by atoms with Gasteiger partial charge in [0.2, 0.25) is 0 Å². The lowest BCUT2D eigenvalue weighted by Gasteiger charge is -2.17. The van der Waals surface area contributed by atoms with Crippen LogP contribution >= 0.6 is 0 Å². The highest BCUT2D eigenvalue weighted by Crippen LogP contribution is 2.17. The van der Waals surface area contributed by atoms with E-state index in [2.05, 4.69) is 74.5 Å². The van der Waals surface area contributed by atoms with Crippen molar-refractivity contribution in [3.63, 3.8) is 0 Å². The van der Waals surface area contributed by atoms with Crippen LogP contribution in [0.5, 0.6) is 0 Å². The zero-order valence-corrected chi connectivity index (χ0v) is 17.0. The Kier molecular flexibility index (Phi) is 7.68. The van der Waals surface area contributed by atoms with Gasteiger partial charge in [-0.3, -0.25) is 0 Å². The smallest absolute Gasteiger partial charge is 0.0547 e. The molecule has 0 N–H and O–H groups in total. The Bertz CT molecular complexity index is 508. The fourth-order valence-corrected chi connectivity index (χ4v) is 8.91. The van der Waals surface area contributed by atoms with Gasteiger partial charge in [0.25, 0.3) is 0 Å². The summed E-state index contributed by atoms with van der Waals surface area (Å²) in [6.45, 7) is 4.70. The van der Waals surface area contributed by atoms with Gasteiger partial charge >= 0.3 is 0 Å². The first-order valence-corrected chi connectivity index (χ1v) is 12.2. The summed E-state index contributed by atoms with van der Waals surface area (Å²) in [7, 11) is -0.0964. The van der Waals surface area contributed by atoms with Crippen LogP contribution in [0.4, 0.5) is 0 Å². The lowest BCUT2D eigenvalue weighted by molar-refractivity contribution is 0.544. The highest BCUT2D eigenvalue weighted by atomic mass is 28.3. The highest BCUT2D eigenvalue weighted by molar-refractivity contribution is 6.67. The molecule has 0 radical (unpaired) electrons. The molecule has 2 aromatic carbocycles. The number of hydrogen-bond acceptors (Lipinski definition) is 0. The first-order chi connectivity index (χ1) is 10.7. The summed E-state index contributed by atoms with van der Waals surface area (Å²) in [5, 5.41) is 2.75. The summed E-state index contributed by atoms with van der Waals surface area (Å²) in [6.07, 6.45) is 4.32. The molecule has 1 unspecified atom stereocenters. The van der Waals surface area contributed by atoms with Gasteiger partial charge in [0.05, 0.1) is 9.52 Å². The SMILES string of the molecule is CC(C)CCCC([SiH2]Cc1ccccc1)[SiH2]c1ccccc1. The zero-order chi connectivity index (χ0) is 15.6. The van der Waals surface area contributed by atoms with Crippen molar-refractivity contribution in [3.05, 3.63) is 66.2 Å². The minimum absolute atomic E-state index is 0.0000501. The molecule has 22 heavy (non-hydrogen) atoms. The Balaban J connectivity index is 1.88. The minimum atomic E-state index is -0.0965. The van der Waals surface area contributed by atoms with Crippen LogP contribution in [0.2, 0.25) is 5.16 Å². The second kappa shape index (κ2) is 9.80. The van der Waals surface area contributed by atoms with Crippen molar-refractivity contribution in [2.45, 2.75) is 44.3 Å². The van der Waals surface area contributed by atoms with E-state index >= 15 is 0 Å². The third kappa shape index (κ3) is 6.76. The van der Waals surface area contributed by atoms with E-state index in [1.165, 1.54) is 25.3 Å². The Morgan fingerprint density at radius 1 is 0.818 bits per heavy atom. The summed E-state index contributed by atoms with van der Waals surface area (Å²) < 4.78 is 0. The molecule has 118 valence electrons. The van der Waals surface area contributed by atoms with Crippen molar-refractivity contribution in [3.8, 4) is 0 Å². The van der Waals surface area contributed by atoms with Crippen LogP contribution in [0.25, 0.3) is 0 Å². The molecule has 0 aliphatic rings. The average Bonchev–Trinajstić information content (AvgIpc) is 2.54. The monoisotopic (exact) mass is 326 g/mol. The second-order valence-corrected chi connectivity index (χ2v) is 12.7. The van der Waals surface area contributed by atoms with Gasteiger partial charge in [-0.2, -0.15) is 0 Å². The zero-order valence-electron chi connectivity index (χ0n) is 14.2. The van der Waals surface area contributed by atoms with E-state index in [1.807, 2.05) is 0 Å². The number of hydrogen-bond donors (Lipinski definition) is 0. The van der Waals surface area contributed by atoms with Crippen molar-refractivity contribution < 1.29 is 0 Å². The van der Waals surface area contributed by atoms with Crippen LogP contribution in [0, 0.1) is 5.92 Å².